The third-order valence-electron chi connectivity index (χ3n) is 4.89. The summed E-state index contributed by atoms with van der Waals surface area (Å²) in [5.74, 6) is 1.43. The Hall–Kier alpha value is -3.67. The number of nitrogens with one attached hydrogen (secondary N) is 1. The third-order valence-corrected chi connectivity index (χ3v) is 4.89. The van der Waals surface area contributed by atoms with Gasteiger partial charge in [0.2, 0.25) is 5.95 Å². The second-order valence-electron chi connectivity index (χ2n) is 6.78. The number of fused-ring (bicyclic) bond motifs is 1. The van der Waals surface area contributed by atoms with Crippen LogP contribution in [0.1, 0.15) is 17.7 Å². The van der Waals surface area contributed by atoms with Crippen molar-refractivity contribution in [3.63, 3.8) is 0 Å². The number of imidazole rings is 1. The van der Waals surface area contributed by atoms with Crippen LogP contribution in [0.5, 0.6) is 0 Å². The van der Waals surface area contributed by atoms with E-state index in [1.54, 1.807) is 6.07 Å². The third kappa shape index (κ3) is 3.32. The van der Waals surface area contributed by atoms with Crippen molar-refractivity contribution in [1.82, 2.24) is 15.0 Å². The number of rotatable bonds is 3. The SMILES string of the molecule is Cc1ccc(C#N)c(N2CCCN(c3nc4ccc([N+](=O)[O-])cc4[nH]3)CC2)n1. The van der Waals surface area contributed by atoms with E-state index >= 15 is 0 Å². The largest absolute Gasteiger partial charge is 0.354 e. The molecule has 142 valence electrons. The number of nitrogens with zero attached hydrogens (tertiary/aromatic N) is 6. The smallest absolute Gasteiger partial charge is 0.271 e. The summed E-state index contributed by atoms with van der Waals surface area (Å²) < 4.78 is 0. The van der Waals surface area contributed by atoms with Crippen LogP contribution >= 0.6 is 0 Å². The number of non-ortho nitro benzene ring substituents is 1. The Kier molecular flexibility index (Phi) is 4.53. The van der Waals surface area contributed by atoms with Gasteiger partial charge < -0.3 is 14.8 Å². The van der Waals surface area contributed by atoms with E-state index in [9.17, 15) is 15.4 Å². The molecule has 1 fully saturated rings. The standard InChI is InChI=1S/C19H19N7O2/c1-13-3-4-14(12-20)18(21-13)24-7-2-8-25(10-9-24)19-22-16-6-5-15(26(27)28)11-17(16)23-19/h3-6,11H,2,7-10H2,1H3,(H,22,23). The maximum absolute atomic E-state index is 11.0. The van der Waals surface area contributed by atoms with Crippen LogP contribution in [0.25, 0.3) is 11.0 Å². The molecule has 0 amide bonds. The van der Waals surface area contributed by atoms with E-state index in [0.29, 0.717) is 35.6 Å². The molecule has 1 aromatic carbocycles. The number of H-pyrrole nitrogens is 1. The Morgan fingerprint density at radius 1 is 1.14 bits per heavy atom. The Morgan fingerprint density at radius 2 is 1.93 bits per heavy atom. The van der Waals surface area contributed by atoms with Gasteiger partial charge in [-0.25, -0.2) is 9.97 Å². The van der Waals surface area contributed by atoms with E-state index in [2.05, 4.69) is 30.8 Å². The summed E-state index contributed by atoms with van der Waals surface area (Å²) in [6.07, 6.45) is 0.887. The fourth-order valence-electron chi connectivity index (χ4n) is 3.46. The number of nitriles is 1. The van der Waals surface area contributed by atoms with Crippen LogP contribution in [-0.4, -0.2) is 46.1 Å². The van der Waals surface area contributed by atoms with Gasteiger partial charge >= 0.3 is 0 Å². The van der Waals surface area contributed by atoms with Gasteiger partial charge in [-0.1, -0.05) is 0 Å². The van der Waals surface area contributed by atoms with E-state index < -0.39 is 4.92 Å². The number of aryl methyl sites for hydroxylation is 1. The molecule has 0 aliphatic carbocycles. The minimum atomic E-state index is -0.411. The van der Waals surface area contributed by atoms with Gasteiger partial charge in [0, 0.05) is 44.0 Å². The number of nitro benzene ring substituents is 1. The Bertz CT molecular complexity index is 1090. The van der Waals surface area contributed by atoms with Crippen LogP contribution in [0.3, 0.4) is 0 Å². The fourth-order valence-corrected chi connectivity index (χ4v) is 3.46. The number of aromatic amines is 1. The number of hydrogen-bond acceptors (Lipinski definition) is 7. The molecule has 1 N–H and O–H groups in total. The van der Waals surface area contributed by atoms with Crippen molar-refractivity contribution in [2.24, 2.45) is 0 Å². The van der Waals surface area contributed by atoms with Crippen LogP contribution in [0, 0.1) is 28.4 Å². The zero-order valence-corrected chi connectivity index (χ0v) is 15.4. The number of nitro groups is 1. The van der Waals surface area contributed by atoms with Gasteiger partial charge in [-0.3, -0.25) is 10.1 Å². The molecule has 9 nitrogen and oxygen atoms in total. The molecule has 0 unspecified atom stereocenters. The minimum absolute atomic E-state index is 0.0410. The van der Waals surface area contributed by atoms with Crippen molar-refractivity contribution in [2.75, 3.05) is 36.0 Å². The van der Waals surface area contributed by atoms with Gasteiger partial charge in [0.15, 0.2) is 0 Å². The average molecular weight is 377 g/mol. The highest BCUT2D eigenvalue weighted by Crippen LogP contribution is 2.24. The normalized spacial score (nSPS) is 14.7. The van der Waals surface area contributed by atoms with E-state index in [0.717, 1.165) is 31.0 Å². The maximum Gasteiger partial charge on any atom is 0.271 e. The summed E-state index contributed by atoms with van der Waals surface area (Å²) in [5.41, 5.74) is 2.86. The topological polar surface area (TPSA) is 115 Å². The molecular weight excluding hydrogens is 358 g/mol. The lowest BCUT2D eigenvalue weighted by atomic mass is 10.2. The Labute approximate surface area is 161 Å². The summed E-state index contributed by atoms with van der Waals surface area (Å²) in [7, 11) is 0. The number of hydrogen-bond donors (Lipinski definition) is 1. The van der Waals surface area contributed by atoms with Crippen LogP contribution < -0.4 is 9.80 Å². The van der Waals surface area contributed by atoms with Crippen molar-refractivity contribution >= 4 is 28.5 Å². The highest BCUT2D eigenvalue weighted by atomic mass is 16.6. The van der Waals surface area contributed by atoms with Crippen molar-refractivity contribution in [3.8, 4) is 6.07 Å². The molecule has 0 saturated carbocycles. The predicted octanol–water partition coefficient (Wildman–Crippen LogP) is 2.76. The Balaban J connectivity index is 1.56. The molecule has 1 saturated heterocycles. The molecule has 28 heavy (non-hydrogen) atoms. The summed E-state index contributed by atoms with van der Waals surface area (Å²) in [5, 5.41) is 20.4. The van der Waals surface area contributed by atoms with E-state index in [4.69, 9.17) is 0 Å². The number of anilines is 2. The molecule has 4 rings (SSSR count). The van der Waals surface area contributed by atoms with E-state index in [1.165, 1.54) is 12.1 Å². The van der Waals surface area contributed by atoms with Crippen molar-refractivity contribution in [3.05, 3.63) is 51.7 Å². The van der Waals surface area contributed by atoms with Crippen molar-refractivity contribution in [1.29, 1.82) is 5.26 Å². The van der Waals surface area contributed by atoms with Gasteiger partial charge in [0.25, 0.3) is 5.69 Å². The van der Waals surface area contributed by atoms with Crippen LogP contribution in [0.15, 0.2) is 30.3 Å². The lowest BCUT2D eigenvalue weighted by Gasteiger charge is -2.23. The minimum Gasteiger partial charge on any atom is -0.354 e. The molecule has 0 radical (unpaired) electrons. The second kappa shape index (κ2) is 7.15. The number of pyridine rings is 1. The van der Waals surface area contributed by atoms with Crippen molar-refractivity contribution in [2.45, 2.75) is 13.3 Å². The van der Waals surface area contributed by atoms with E-state index in [-0.39, 0.29) is 5.69 Å². The molecule has 0 bridgehead atoms. The van der Waals surface area contributed by atoms with Gasteiger partial charge in [-0.2, -0.15) is 5.26 Å². The van der Waals surface area contributed by atoms with Crippen LogP contribution in [0.4, 0.5) is 17.5 Å². The van der Waals surface area contributed by atoms with Gasteiger partial charge in [-0.15, -0.1) is 0 Å². The quantitative estimate of drug-likeness (QED) is 0.551. The molecule has 9 heteroatoms. The highest BCUT2D eigenvalue weighted by Gasteiger charge is 2.21. The fraction of sp³-hybridized carbons (Fsp3) is 0.316. The first-order chi connectivity index (χ1) is 13.5. The molecular formula is C19H19N7O2. The number of aromatic nitrogens is 3. The van der Waals surface area contributed by atoms with E-state index in [1.807, 2.05) is 19.1 Å². The highest BCUT2D eigenvalue weighted by molar-refractivity contribution is 5.80. The first-order valence-electron chi connectivity index (χ1n) is 9.07. The van der Waals surface area contributed by atoms with Gasteiger partial charge in [0.05, 0.1) is 21.5 Å². The zero-order chi connectivity index (χ0) is 19.7. The number of benzene rings is 1. The lowest BCUT2D eigenvalue weighted by molar-refractivity contribution is -0.384. The molecule has 2 aromatic heterocycles. The first kappa shape index (κ1) is 17.7. The molecule has 1 aliphatic heterocycles. The Morgan fingerprint density at radius 3 is 2.71 bits per heavy atom. The summed E-state index contributed by atoms with van der Waals surface area (Å²) in [6.45, 7) is 4.94. The monoisotopic (exact) mass is 377 g/mol. The lowest BCUT2D eigenvalue weighted by Crippen LogP contribution is -2.32. The summed E-state index contributed by atoms with van der Waals surface area (Å²) in [4.78, 5) is 27.2. The first-order valence-corrected chi connectivity index (χ1v) is 9.07. The maximum atomic E-state index is 11.0. The molecule has 3 aromatic rings. The zero-order valence-electron chi connectivity index (χ0n) is 15.4. The summed E-state index contributed by atoms with van der Waals surface area (Å²) >= 11 is 0. The van der Waals surface area contributed by atoms with Crippen molar-refractivity contribution < 1.29 is 4.92 Å². The van der Waals surface area contributed by atoms with Gasteiger partial charge in [-0.05, 0) is 31.5 Å². The molecule has 0 atom stereocenters. The van der Waals surface area contributed by atoms with Crippen LogP contribution in [0.2, 0.25) is 0 Å². The average Bonchev–Trinajstić information content (AvgIpc) is 2.96. The van der Waals surface area contributed by atoms with Gasteiger partial charge in [0.1, 0.15) is 11.9 Å². The summed E-state index contributed by atoms with van der Waals surface area (Å²) in [6, 6.07) is 10.5. The van der Waals surface area contributed by atoms with Crippen LogP contribution in [-0.2, 0) is 0 Å². The molecule has 0 spiro atoms. The molecule has 1 aliphatic rings. The molecule has 3 heterocycles. The second-order valence-corrected chi connectivity index (χ2v) is 6.78. The predicted molar refractivity (Wildman–Crippen MR) is 105 cm³/mol.